The van der Waals surface area contributed by atoms with Crippen molar-refractivity contribution in [2.45, 2.75) is 25.2 Å². The van der Waals surface area contributed by atoms with Gasteiger partial charge in [0.1, 0.15) is 0 Å². The van der Waals surface area contributed by atoms with Crippen molar-refractivity contribution in [1.82, 2.24) is 5.32 Å². The molecule has 2 nitrogen and oxygen atoms in total. The van der Waals surface area contributed by atoms with Gasteiger partial charge < -0.3 is 10.1 Å². The van der Waals surface area contributed by atoms with E-state index in [2.05, 4.69) is 5.32 Å². The molecule has 1 heterocycles. The number of rotatable bonds is 4. The van der Waals surface area contributed by atoms with E-state index in [1.165, 1.54) is 6.07 Å². The SMILES string of the molecule is CCNC(c1ccccc1C(F)(F)F)C1CSCCO1. The molecule has 20 heavy (non-hydrogen) atoms. The molecule has 2 atom stereocenters. The third-order valence-corrected chi connectivity index (χ3v) is 4.26. The predicted octanol–water partition coefficient (Wildman–Crippen LogP) is 3.49. The summed E-state index contributed by atoms with van der Waals surface area (Å²) < 4.78 is 45.1. The van der Waals surface area contributed by atoms with Gasteiger partial charge in [0.05, 0.1) is 24.3 Å². The lowest BCUT2D eigenvalue weighted by molar-refractivity contribution is -0.138. The third-order valence-electron chi connectivity index (χ3n) is 3.24. The van der Waals surface area contributed by atoms with Crippen LogP contribution in [0.25, 0.3) is 0 Å². The highest BCUT2D eigenvalue weighted by Crippen LogP contribution is 2.36. The van der Waals surface area contributed by atoms with E-state index in [1.54, 1.807) is 23.9 Å². The van der Waals surface area contributed by atoms with E-state index in [9.17, 15) is 13.2 Å². The van der Waals surface area contributed by atoms with E-state index in [0.717, 1.165) is 11.8 Å². The summed E-state index contributed by atoms with van der Waals surface area (Å²) in [4.78, 5) is 0. The van der Waals surface area contributed by atoms with E-state index in [4.69, 9.17) is 4.74 Å². The van der Waals surface area contributed by atoms with Crippen LogP contribution in [0.15, 0.2) is 24.3 Å². The Labute approximate surface area is 121 Å². The molecule has 0 radical (unpaired) electrons. The minimum absolute atomic E-state index is 0.225. The largest absolute Gasteiger partial charge is 0.416 e. The molecule has 6 heteroatoms. The van der Waals surface area contributed by atoms with Crippen LogP contribution in [0.2, 0.25) is 0 Å². The number of hydrogen-bond acceptors (Lipinski definition) is 3. The molecule has 1 aliphatic rings. The maximum atomic E-state index is 13.1. The lowest BCUT2D eigenvalue weighted by Crippen LogP contribution is -2.39. The van der Waals surface area contributed by atoms with Crippen LogP contribution < -0.4 is 5.32 Å². The van der Waals surface area contributed by atoms with Crippen LogP contribution in [0, 0.1) is 0 Å². The normalized spacial score (nSPS) is 21.7. The van der Waals surface area contributed by atoms with Crippen molar-refractivity contribution in [3.63, 3.8) is 0 Å². The van der Waals surface area contributed by atoms with Gasteiger partial charge in [-0.1, -0.05) is 25.1 Å². The number of alkyl halides is 3. The molecule has 1 fully saturated rings. The summed E-state index contributed by atoms with van der Waals surface area (Å²) in [6.45, 7) is 3.08. The van der Waals surface area contributed by atoms with Crippen molar-refractivity contribution in [2.75, 3.05) is 24.7 Å². The van der Waals surface area contributed by atoms with Crippen LogP contribution in [0.5, 0.6) is 0 Å². The second-order valence-corrected chi connectivity index (χ2v) is 5.75. The summed E-state index contributed by atoms with van der Waals surface area (Å²) in [5.41, 5.74) is -0.306. The Bertz CT molecular complexity index is 433. The Balaban J connectivity index is 2.33. The number of halogens is 3. The molecule has 1 N–H and O–H groups in total. The highest BCUT2D eigenvalue weighted by molar-refractivity contribution is 7.99. The lowest BCUT2D eigenvalue weighted by atomic mass is 9.96. The van der Waals surface area contributed by atoms with Gasteiger partial charge in [0.2, 0.25) is 0 Å². The number of likely N-dealkylation sites (N-methyl/N-ethyl adjacent to an activating group) is 1. The zero-order valence-electron chi connectivity index (χ0n) is 11.2. The summed E-state index contributed by atoms with van der Waals surface area (Å²) in [5, 5.41) is 3.14. The molecule has 0 bridgehead atoms. The summed E-state index contributed by atoms with van der Waals surface area (Å²) in [7, 11) is 0. The average molecular weight is 305 g/mol. The first-order valence-electron chi connectivity index (χ1n) is 6.63. The Morgan fingerprint density at radius 3 is 2.75 bits per heavy atom. The second kappa shape index (κ2) is 6.83. The van der Waals surface area contributed by atoms with Gasteiger partial charge in [0.15, 0.2) is 0 Å². The van der Waals surface area contributed by atoms with Gasteiger partial charge in [-0.15, -0.1) is 0 Å². The summed E-state index contributed by atoms with van der Waals surface area (Å²) >= 11 is 1.72. The first-order valence-corrected chi connectivity index (χ1v) is 7.78. The minimum Gasteiger partial charge on any atom is -0.375 e. The van der Waals surface area contributed by atoms with Gasteiger partial charge in [-0.25, -0.2) is 0 Å². The number of thioether (sulfide) groups is 1. The Morgan fingerprint density at radius 1 is 1.40 bits per heavy atom. The van der Waals surface area contributed by atoms with Gasteiger partial charge >= 0.3 is 6.18 Å². The summed E-state index contributed by atoms with van der Waals surface area (Å²) in [6.07, 6.45) is -4.57. The first kappa shape index (κ1) is 15.7. The zero-order valence-corrected chi connectivity index (χ0v) is 12.1. The van der Waals surface area contributed by atoms with E-state index in [0.29, 0.717) is 18.9 Å². The van der Waals surface area contributed by atoms with Crippen LogP contribution >= 0.6 is 11.8 Å². The monoisotopic (exact) mass is 305 g/mol. The summed E-state index contributed by atoms with van der Waals surface area (Å²) in [6, 6.07) is 5.32. The van der Waals surface area contributed by atoms with E-state index in [-0.39, 0.29) is 11.7 Å². The molecule has 112 valence electrons. The number of hydrogen-bond donors (Lipinski definition) is 1. The quantitative estimate of drug-likeness (QED) is 0.920. The average Bonchev–Trinajstić information content (AvgIpc) is 2.45. The number of benzene rings is 1. The molecule has 2 rings (SSSR count). The Kier molecular flexibility index (Phi) is 5.35. The lowest BCUT2D eigenvalue weighted by Gasteiger charge is -2.32. The van der Waals surface area contributed by atoms with Crippen LogP contribution in [0.1, 0.15) is 24.1 Å². The topological polar surface area (TPSA) is 21.3 Å². The van der Waals surface area contributed by atoms with E-state index in [1.807, 2.05) is 6.92 Å². The van der Waals surface area contributed by atoms with Crippen molar-refractivity contribution < 1.29 is 17.9 Å². The van der Waals surface area contributed by atoms with Crippen molar-refractivity contribution in [2.24, 2.45) is 0 Å². The molecule has 0 saturated carbocycles. The Hall–Kier alpha value is -0.720. The molecule has 1 aliphatic heterocycles. The van der Waals surface area contributed by atoms with Crippen molar-refractivity contribution in [1.29, 1.82) is 0 Å². The van der Waals surface area contributed by atoms with Crippen molar-refractivity contribution >= 4 is 11.8 Å². The molecular weight excluding hydrogens is 287 g/mol. The standard InChI is InChI=1S/C14H18F3NOS/c1-2-18-13(12-9-20-8-7-19-12)10-5-3-4-6-11(10)14(15,16)17/h3-6,12-13,18H,2,7-9H2,1H3. The smallest absolute Gasteiger partial charge is 0.375 e. The fourth-order valence-corrected chi connectivity index (χ4v) is 3.29. The molecule has 0 aromatic heterocycles. The first-order chi connectivity index (χ1) is 9.54. The van der Waals surface area contributed by atoms with Gasteiger partial charge in [-0.2, -0.15) is 24.9 Å². The van der Waals surface area contributed by atoms with Crippen LogP contribution in [-0.4, -0.2) is 30.8 Å². The predicted molar refractivity (Wildman–Crippen MR) is 74.9 cm³/mol. The number of nitrogens with one attached hydrogen (secondary N) is 1. The molecule has 0 aliphatic carbocycles. The highest BCUT2D eigenvalue weighted by Gasteiger charge is 2.37. The molecule has 1 aromatic carbocycles. The summed E-state index contributed by atoms with van der Waals surface area (Å²) in [5.74, 6) is 1.61. The van der Waals surface area contributed by atoms with E-state index < -0.39 is 17.8 Å². The molecule has 0 amide bonds. The van der Waals surface area contributed by atoms with Gasteiger partial charge in [0.25, 0.3) is 0 Å². The maximum absolute atomic E-state index is 13.1. The minimum atomic E-state index is -4.34. The molecule has 1 aromatic rings. The van der Waals surface area contributed by atoms with Crippen molar-refractivity contribution in [3.8, 4) is 0 Å². The maximum Gasteiger partial charge on any atom is 0.416 e. The molecule has 1 saturated heterocycles. The van der Waals surface area contributed by atoms with E-state index >= 15 is 0 Å². The fraction of sp³-hybridized carbons (Fsp3) is 0.571. The fourth-order valence-electron chi connectivity index (χ4n) is 2.39. The van der Waals surface area contributed by atoms with Gasteiger partial charge in [-0.05, 0) is 18.2 Å². The van der Waals surface area contributed by atoms with Crippen LogP contribution in [-0.2, 0) is 10.9 Å². The van der Waals surface area contributed by atoms with Gasteiger partial charge in [-0.3, -0.25) is 0 Å². The molecular formula is C14H18F3NOS. The Morgan fingerprint density at radius 2 is 2.15 bits per heavy atom. The molecule has 0 spiro atoms. The highest BCUT2D eigenvalue weighted by atomic mass is 32.2. The van der Waals surface area contributed by atoms with Crippen molar-refractivity contribution in [3.05, 3.63) is 35.4 Å². The third kappa shape index (κ3) is 3.68. The van der Waals surface area contributed by atoms with Crippen LogP contribution in [0.4, 0.5) is 13.2 Å². The molecule has 2 unspecified atom stereocenters. The zero-order chi connectivity index (χ0) is 14.6. The number of ether oxygens (including phenoxy) is 1. The van der Waals surface area contributed by atoms with Gasteiger partial charge in [0, 0.05) is 11.5 Å². The second-order valence-electron chi connectivity index (χ2n) is 4.60. The van der Waals surface area contributed by atoms with Crippen LogP contribution in [0.3, 0.4) is 0 Å².